The van der Waals surface area contributed by atoms with E-state index in [0.717, 1.165) is 37.3 Å². The van der Waals surface area contributed by atoms with Gasteiger partial charge >= 0.3 is 0 Å². The summed E-state index contributed by atoms with van der Waals surface area (Å²) >= 11 is 0. The average Bonchev–Trinajstić information content (AvgIpc) is 2.91. The third kappa shape index (κ3) is 3.31. The van der Waals surface area contributed by atoms with E-state index in [4.69, 9.17) is 0 Å². The molecule has 0 bridgehead atoms. The summed E-state index contributed by atoms with van der Waals surface area (Å²) in [4.78, 5) is 13.5. The number of nitrogens with zero attached hydrogens (tertiary/aromatic N) is 1. The fraction of sp³-hybridized carbons (Fsp3) is 0.562. The summed E-state index contributed by atoms with van der Waals surface area (Å²) in [6.07, 6.45) is 2.53. The van der Waals surface area contributed by atoms with Crippen LogP contribution in [0.1, 0.15) is 33.1 Å². The molecule has 1 amide bonds. The molecule has 4 nitrogen and oxygen atoms in total. The quantitative estimate of drug-likeness (QED) is 0.840. The summed E-state index contributed by atoms with van der Waals surface area (Å²) in [5.74, 6) is 0.213. The summed E-state index contributed by atoms with van der Waals surface area (Å²) in [7, 11) is 0. The van der Waals surface area contributed by atoms with Crippen molar-refractivity contribution < 1.29 is 9.90 Å². The van der Waals surface area contributed by atoms with E-state index < -0.39 is 0 Å². The van der Waals surface area contributed by atoms with E-state index in [1.54, 1.807) is 0 Å². The van der Waals surface area contributed by atoms with E-state index in [2.05, 4.69) is 19.2 Å². The second-order valence-corrected chi connectivity index (χ2v) is 5.87. The van der Waals surface area contributed by atoms with Crippen molar-refractivity contribution in [2.24, 2.45) is 5.41 Å². The molecule has 0 saturated carbocycles. The maximum atomic E-state index is 11.7. The van der Waals surface area contributed by atoms with Crippen LogP contribution in [-0.4, -0.2) is 30.7 Å². The normalized spacial score (nSPS) is 18.1. The molecule has 1 aromatic carbocycles. The molecule has 0 spiro atoms. The smallest absolute Gasteiger partial charge is 0.227 e. The summed E-state index contributed by atoms with van der Waals surface area (Å²) < 4.78 is 0. The third-order valence-electron chi connectivity index (χ3n) is 4.21. The van der Waals surface area contributed by atoms with Gasteiger partial charge in [0.1, 0.15) is 0 Å². The molecule has 1 unspecified atom stereocenters. The van der Waals surface area contributed by atoms with Crippen LogP contribution >= 0.6 is 0 Å². The van der Waals surface area contributed by atoms with Gasteiger partial charge < -0.3 is 15.3 Å². The maximum absolute atomic E-state index is 11.7. The highest BCUT2D eigenvalue weighted by Crippen LogP contribution is 2.25. The molecule has 1 fully saturated rings. The van der Waals surface area contributed by atoms with E-state index in [9.17, 15) is 9.90 Å². The van der Waals surface area contributed by atoms with Crippen LogP contribution in [0.25, 0.3) is 0 Å². The fourth-order valence-corrected chi connectivity index (χ4v) is 2.29. The van der Waals surface area contributed by atoms with E-state index in [1.807, 2.05) is 29.2 Å². The van der Waals surface area contributed by atoms with Gasteiger partial charge in [-0.3, -0.25) is 4.79 Å². The average molecular weight is 276 g/mol. The fourth-order valence-electron chi connectivity index (χ4n) is 2.29. The molecule has 1 heterocycles. The molecule has 0 aliphatic carbocycles. The highest BCUT2D eigenvalue weighted by molar-refractivity contribution is 5.95. The molecule has 4 heteroatoms. The molecular weight excluding hydrogens is 252 g/mol. The standard InChI is InChI=1S/C16H24N2O2/c1-3-16(2,12-19)11-17-13-6-8-14(9-7-13)18-10-4-5-15(18)20/h6-9,17,19H,3-5,10-12H2,1-2H3. The van der Waals surface area contributed by atoms with Crippen LogP contribution in [0.2, 0.25) is 0 Å². The Morgan fingerprint density at radius 3 is 2.55 bits per heavy atom. The van der Waals surface area contributed by atoms with Gasteiger partial charge in [-0.2, -0.15) is 0 Å². The Bertz CT molecular complexity index is 452. The van der Waals surface area contributed by atoms with Crippen LogP contribution in [-0.2, 0) is 4.79 Å². The van der Waals surface area contributed by atoms with Crippen molar-refractivity contribution in [3.05, 3.63) is 24.3 Å². The number of hydrogen-bond acceptors (Lipinski definition) is 3. The van der Waals surface area contributed by atoms with Gasteiger partial charge in [-0.25, -0.2) is 0 Å². The molecular formula is C16H24N2O2. The van der Waals surface area contributed by atoms with Gasteiger partial charge in [0.2, 0.25) is 5.91 Å². The minimum Gasteiger partial charge on any atom is -0.396 e. The molecule has 1 atom stereocenters. The predicted molar refractivity (Wildman–Crippen MR) is 82.0 cm³/mol. The molecule has 20 heavy (non-hydrogen) atoms. The first-order valence-corrected chi connectivity index (χ1v) is 7.33. The van der Waals surface area contributed by atoms with Crippen molar-refractivity contribution >= 4 is 17.3 Å². The Kier molecular flexibility index (Phi) is 4.65. The van der Waals surface area contributed by atoms with E-state index >= 15 is 0 Å². The van der Waals surface area contributed by atoms with Crippen LogP contribution in [0.15, 0.2) is 24.3 Å². The molecule has 2 N–H and O–H groups in total. The number of aliphatic hydroxyl groups is 1. The lowest BCUT2D eigenvalue weighted by Gasteiger charge is -2.26. The largest absolute Gasteiger partial charge is 0.396 e. The SMILES string of the molecule is CCC(C)(CO)CNc1ccc(N2CCCC2=O)cc1. The number of carbonyl (C=O) groups is 1. The van der Waals surface area contributed by atoms with Gasteiger partial charge in [-0.1, -0.05) is 13.8 Å². The summed E-state index contributed by atoms with van der Waals surface area (Å²) in [5.41, 5.74) is 1.90. The van der Waals surface area contributed by atoms with Crippen molar-refractivity contribution in [2.75, 3.05) is 29.9 Å². The van der Waals surface area contributed by atoms with Crippen molar-refractivity contribution in [2.45, 2.75) is 33.1 Å². The number of benzene rings is 1. The minimum absolute atomic E-state index is 0.0937. The van der Waals surface area contributed by atoms with Gasteiger partial charge in [0.25, 0.3) is 0 Å². The zero-order valence-corrected chi connectivity index (χ0v) is 12.4. The Morgan fingerprint density at radius 1 is 1.35 bits per heavy atom. The number of hydrogen-bond donors (Lipinski definition) is 2. The second-order valence-electron chi connectivity index (χ2n) is 5.87. The lowest BCUT2D eigenvalue weighted by Crippen LogP contribution is -2.29. The molecule has 1 aliphatic heterocycles. The van der Waals surface area contributed by atoms with E-state index in [1.165, 1.54) is 0 Å². The van der Waals surface area contributed by atoms with Crippen LogP contribution in [0, 0.1) is 5.41 Å². The first-order chi connectivity index (χ1) is 9.58. The Labute approximate surface area is 120 Å². The van der Waals surface area contributed by atoms with Crippen molar-refractivity contribution in [3.63, 3.8) is 0 Å². The third-order valence-corrected chi connectivity index (χ3v) is 4.21. The molecule has 1 saturated heterocycles. The molecule has 110 valence electrons. The number of nitrogens with one attached hydrogen (secondary N) is 1. The molecule has 0 radical (unpaired) electrons. The number of aliphatic hydroxyl groups excluding tert-OH is 1. The summed E-state index contributed by atoms with van der Waals surface area (Å²) in [5, 5.41) is 12.7. The highest BCUT2D eigenvalue weighted by Gasteiger charge is 2.22. The van der Waals surface area contributed by atoms with Crippen molar-refractivity contribution in [3.8, 4) is 0 Å². The van der Waals surface area contributed by atoms with Crippen LogP contribution < -0.4 is 10.2 Å². The zero-order valence-electron chi connectivity index (χ0n) is 12.4. The van der Waals surface area contributed by atoms with Gasteiger partial charge in [-0.15, -0.1) is 0 Å². The van der Waals surface area contributed by atoms with Gasteiger partial charge in [0, 0.05) is 36.3 Å². The highest BCUT2D eigenvalue weighted by atomic mass is 16.3. The van der Waals surface area contributed by atoms with Crippen LogP contribution in [0.4, 0.5) is 11.4 Å². The zero-order chi connectivity index (χ0) is 14.6. The topological polar surface area (TPSA) is 52.6 Å². The molecule has 1 aliphatic rings. The van der Waals surface area contributed by atoms with Crippen LogP contribution in [0.3, 0.4) is 0 Å². The molecule has 2 rings (SSSR count). The maximum Gasteiger partial charge on any atom is 0.227 e. The summed E-state index contributed by atoms with van der Waals surface area (Å²) in [6, 6.07) is 7.95. The summed E-state index contributed by atoms with van der Waals surface area (Å²) in [6.45, 7) is 5.89. The lowest BCUT2D eigenvalue weighted by atomic mass is 9.88. The Morgan fingerprint density at radius 2 is 2.05 bits per heavy atom. The first-order valence-electron chi connectivity index (χ1n) is 7.33. The Hall–Kier alpha value is -1.55. The van der Waals surface area contributed by atoms with E-state index in [-0.39, 0.29) is 17.9 Å². The predicted octanol–water partition coefficient (Wildman–Crippen LogP) is 2.63. The number of anilines is 2. The van der Waals surface area contributed by atoms with Gasteiger partial charge in [0.15, 0.2) is 0 Å². The lowest BCUT2D eigenvalue weighted by molar-refractivity contribution is -0.117. The van der Waals surface area contributed by atoms with E-state index in [0.29, 0.717) is 6.42 Å². The number of amides is 1. The van der Waals surface area contributed by atoms with Crippen LogP contribution in [0.5, 0.6) is 0 Å². The molecule has 0 aromatic heterocycles. The number of rotatable bonds is 6. The second kappa shape index (κ2) is 6.27. The monoisotopic (exact) mass is 276 g/mol. The Balaban J connectivity index is 1.96. The first kappa shape index (κ1) is 14.9. The molecule has 1 aromatic rings. The van der Waals surface area contributed by atoms with Gasteiger partial charge in [0.05, 0.1) is 6.61 Å². The minimum atomic E-state index is -0.0937. The van der Waals surface area contributed by atoms with Crippen molar-refractivity contribution in [1.29, 1.82) is 0 Å². The van der Waals surface area contributed by atoms with Gasteiger partial charge in [-0.05, 0) is 37.1 Å². The number of carbonyl (C=O) groups excluding carboxylic acids is 1. The van der Waals surface area contributed by atoms with Crippen molar-refractivity contribution in [1.82, 2.24) is 0 Å².